The Labute approximate surface area is 99.2 Å². The summed E-state index contributed by atoms with van der Waals surface area (Å²) in [5.74, 6) is 0.681. The van der Waals surface area contributed by atoms with E-state index in [-0.39, 0.29) is 0 Å². The van der Waals surface area contributed by atoms with Gasteiger partial charge in [-0.2, -0.15) is 10.5 Å². The van der Waals surface area contributed by atoms with E-state index >= 15 is 0 Å². The first-order valence-corrected chi connectivity index (χ1v) is 6.91. The summed E-state index contributed by atoms with van der Waals surface area (Å²) in [5.41, 5.74) is 5.20. The molecule has 1 aliphatic carbocycles. The fourth-order valence-electron chi connectivity index (χ4n) is 2.74. The maximum atomic E-state index is 4.24. The smallest absolute Gasteiger partial charge is 0.0677 e. The molecule has 16 heavy (non-hydrogen) atoms. The van der Waals surface area contributed by atoms with Crippen LogP contribution in [-0.2, 0) is 0 Å². The van der Waals surface area contributed by atoms with Gasteiger partial charge in [-0.1, -0.05) is 51.4 Å². The molecule has 0 bridgehead atoms. The maximum Gasteiger partial charge on any atom is 0.0677 e. The van der Waals surface area contributed by atoms with Crippen molar-refractivity contribution in [3.8, 4) is 0 Å². The van der Waals surface area contributed by atoms with Gasteiger partial charge in [-0.15, -0.1) is 0 Å². The zero-order valence-corrected chi connectivity index (χ0v) is 10.2. The minimum atomic E-state index is 0.681. The first-order valence-electron chi connectivity index (χ1n) is 6.91. The van der Waals surface area contributed by atoms with Crippen molar-refractivity contribution in [2.24, 2.45) is 11.0 Å². The highest BCUT2D eigenvalue weighted by atomic mass is 15.3. The van der Waals surface area contributed by atoms with Gasteiger partial charge in [0.15, 0.2) is 0 Å². The fourth-order valence-corrected chi connectivity index (χ4v) is 2.74. The molecule has 0 aromatic carbocycles. The zero-order chi connectivity index (χ0) is 11.1. The van der Waals surface area contributed by atoms with Crippen LogP contribution in [0.25, 0.3) is 0 Å². The van der Waals surface area contributed by atoms with Crippen molar-refractivity contribution >= 4 is 5.71 Å². The van der Waals surface area contributed by atoms with Crippen molar-refractivity contribution in [3.63, 3.8) is 0 Å². The molecule has 0 atom stereocenters. The Morgan fingerprint density at radius 3 is 1.88 bits per heavy atom. The lowest BCUT2D eigenvalue weighted by atomic mass is 9.91. The average Bonchev–Trinajstić information content (AvgIpc) is 2.79. The van der Waals surface area contributed by atoms with E-state index in [4.69, 9.17) is 0 Å². The van der Waals surface area contributed by atoms with E-state index in [2.05, 4.69) is 16.6 Å². The standard InChI is InChI=1S/C14H23N2/c1-2-4-6-8-10-13(9-7-5-3-1)14-11-12-15-16-14/h11-13H,1-10H2. The molecule has 0 unspecified atom stereocenters. The summed E-state index contributed by atoms with van der Waals surface area (Å²) in [6, 6.07) is 0. The largest absolute Gasteiger partial charge is 0.159 e. The van der Waals surface area contributed by atoms with Gasteiger partial charge in [0.2, 0.25) is 0 Å². The van der Waals surface area contributed by atoms with Crippen LogP contribution in [-0.4, -0.2) is 5.71 Å². The van der Waals surface area contributed by atoms with Crippen LogP contribution in [0.2, 0.25) is 0 Å². The molecule has 1 saturated carbocycles. The zero-order valence-electron chi connectivity index (χ0n) is 10.2. The Bertz CT molecular complexity index is 243. The van der Waals surface area contributed by atoms with Gasteiger partial charge in [0.05, 0.1) is 11.9 Å². The monoisotopic (exact) mass is 219 g/mol. The Balaban J connectivity index is 1.85. The van der Waals surface area contributed by atoms with E-state index in [0.29, 0.717) is 5.92 Å². The van der Waals surface area contributed by atoms with Crippen molar-refractivity contribution in [1.82, 2.24) is 5.43 Å². The Kier molecular flexibility index (Phi) is 4.91. The third-order valence-electron chi connectivity index (χ3n) is 3.76. The molecule has 1 radical (unpaired) electrons. The molecule has 0 aromatic heterocycles. The summed E-state index contributed by atoms with van der Waals surface area (Å²) in [7, 11) is 0. The van der Waals surface area contributed by atoms with E-state index in [1.807, 2.05) is 6.20 Å². The lowest BCUT2D eigenvalue weighted by molar-refractivity contribution is 0.512. The molecular formula is C14H23N2. The van der Waals surface area contributed by atoms with Gasteiger partial charge in [-0.05, 0) is 18.9 Å². The van der Waals surface area contributed by atoms with Crippen LogP contribution in [0.1, 0.15) is 64.2 Å². The van der Waals surface area contributed by atoms with Gasteiger partial charge in [-0.3, -0.25) is 0 Å². The van der Waals surface area contributed by atoms with Crippen molar-refractivity contribution in [1.29, 1.82) is 0 Å². The number of hydrogen-bond donors (Lipinski definition) is 0. The maximum absolute atomic E-state index is 4.24. The predicted molar refractivity (Wildman–Crippen MR) is 68.4 cm³/mol. The van der Waals surface area contributed by atoms with Crippen LogP contribution in [0.15, 0.2) is 17.4 Å². The fraction of sp³-hybridized carbons (Fsp3) is 0.786. The quantitative estimate of drug-likeness (QED) is 0.637. The highest BCUT2D eigenvalue weighted by molar-refractivity contribution is 5.97. The van der Waals surface area contributed by atoms with Crippen molar-refractivity contribution in [2.45, 2.75) is 64.2 Å². The molecule has 0 amide bonds. The van der Waals surface area contributed by atoms with Gasteiger partial charge in [-0.25, -0.2) is 0 Å². The molecule has 1 fully saturated rings. The second-order valence-electron chi connectivity index (χ2n) is 5.06. The van der Waals surface area contributed by atoms with Crippen molar-refractivity contribution in [2.75, 3.05) is 0 Å². The van der Waals surface area contributed by atoms with E-state index in [1.165, 1.54) is 69.9 Å². The molecule has 1 heterocycles. The highest BCUT2D eigenvalue weighted by Gasteiger charge is 2.16. The molecule has 89 valence electrons. The molecule has 2 rings (SSSR count). The van der Waals surface area contributed by atoms with E-state index in [0.717, 1.165) is 0 Å². The van der Waals surface area contributed by atoms with Crippen LogP contribution in [0, 0.1) is 5.92 Å². The molecule has 2 heteroatoms. The topological polar surface area (TPSA) is 26.5 Å². The molecule has 0 N–H and O–H groups in total. The number of rotatable bonds is 1. The van der Waals surface area contributed by atoms with Crippen molar-refractivity contribution in [3.05, 3.63) is 12.3 Å². The molecule has 0 saturated heterocycles. The third kappa shape index (κ3) is 3.66. The van der Waals surface area contributed by atoms with Gasteiger partial charge in [0.25, 0.3) is 0 Å². The summed E-state index contributed by atoms with van der Waals surface area (Å²) < 4.78 is 0. The van der Waals surface area contributed by atoms with Crippen LogP contribution < -0.4 is 5.43 Å². The van der Waals surface area contributed by atoms with Gasteiger partial charge in [0.1, 0.15) is 0 Å². The SMILES string of the molecule is C1=CC(C2CCCCCCCCCC2)=N[N]1. The molecule has 2 nitrogen and oxygen atoms in total. The Morgan fingerprint density at radius 1 is 0.812 bits per heavy atom. The summed E-state index contributed by atoms with van der Waals surface area (Å²) in [6.45, 7) is 0. The Morgan fingerprint density at radius 2 is 1.38 bits per heavy atom. The second-order valence-corrected chi connectivity index (χ2v) is 5.06. The predicted octanol–water partition coefficient (Wildman–Crippen LogP) is 4.00. The van der Waals surface area contributed by atoms with Crippen LogP contribution in [0.3, 0.4) is 0 Å². The first kappa shape index (κ1) is 11.7. The summed E-state index contributed by atoms with van der Waals surface area (Å²) in [4.78, 5) is 0. The lowest BCUT2D eigenvalue weighted by Crippen LogP contribution is -2.11. The highest BCUT2D eigenvalue weighted by Crippen LogP contribution is 2.23. The van der Waals surface area contributed by atoms with E-state index in [1.54, 1.807) is 0 Å². The number of hydrogen-bond acceptors (Lipinski definition) is 1. The number of allylic oxidation sites excluding steroid dienone is 1. The number of nitrogens with zero attached hydrogens (tertiary/aromatic N) is 2. The third-order valence-corrected chi connectivity index (χ3v) is 3.76. The minimum absolute atomic E-state index is 0.681. The lowest BCUT2D eigenvalue weighted by Gasteiger charge is -2.14. The second kappa shape index (κ2) is 6.72. The van der Waals surface area contributed by atoms with E-state index in [9.17, 15) is 0 Å². The Hall–Kier alpha value is -0.790. The minimum Gasteiger partial charge on any atom is -0.159 e. The van der Waals surface area contributed by atoms with Crippen LogP contribution in [0.4, 0.5) is 0 Å². The molecular weight excluding hydrogens is 196 g/mol. The summed E-state index contributed by atoms with van der Waals surface area (Å²) in [6.07, 6.45) is 17.9. The molecule has 2 aliphatic rings. The van der Waals surface area contributed by atoms with Crippen LogP contribution >= 0.6 is 0 Å². The summed E-state index contributed by atoms with van der Waals surface area (Å²) >= 11 is 0. The van der Waals surface area contributed by atoms with Gasteiger partial charge < -0.3 is 0 Å². The van der Waals surface area contributed by atoms with Crippen LogP contribution in [0.5, 0.6) is 0 Å². The molecule has 1 aliphatic heterocycles. The van der Waals surface area contributed by atoms with Gasteiger partial charge in [0, 0.05) is 5.92 Å². The molecule has 0 spiro atoms. The average molecular weight is 219 g/mol. The van der Waals surface area contributed by atoms with Crippen molar-refractivity contribution < 1.29 is 0 Å². The first-order chi connectivity index (χ1) is 7.97. The summed E-state index contributed by atoms with van der Waals surface area (Å²) in [5, 5.41) is 4.24. The molecule has 0 aromatic rings. The van der Waals surface area contributed by atoms with E-state index < -0.39 is 0 Å². The normalized spacial score (nSPS) is 24.6. The van der Waals surface area contributed by atoms with Gasteiger partial charge >= 0.3 is 0 Å².